The van der Waals surface area contributed by atoms with Crippen molar-refractivity contribution in [3.8, 4) is 5.75 Å². The molecule has 1 amide bonds. The van der Waals surface area contributed by atoms with Crippen LogP contribution in [0.1, 0.15) is 24.5 Å². The number of ketones is 1. The van der Waals surface area contributed by atoms with Gasteiger partial charge >= 0.3 is 6.36 Å². The van der Waals surface area contributed by atoms with Gasteiger partial charge in [0.05, 0.1) is 0 Å². The summed E-state index contributed by atoms with van der Waals surface area (Å²) in [5, 5.41) is 2.36. The van der Waals surface area contributed by atoms with E-state index in [1.54, 1.807) is 13.8 Å². The molecule has 0 aliphatic carbocycles. The number of amides is 1. The van der Waals surface area contributed by atoms with Gasteiger partial charge in [-0.05, 0) is 30.2 Å². The standard InChI is InChI=1S/C13H14F3NO3/c1-3-11(18)12(19)17-7-9-6-10(5-4-8(9)2)20-13(14,15)16/h4-6H,3,7H2,1-2H3,(H,17,19). The fraction of sp³-hybridized carbons (Fsp3) is 0.385. The zero-order valence-electron chi connectivity index (χ0n) is 11.0. The van der Waals surface area contributed by atoms with Crippen LogP contribution in [0.3, 0.4) is 0 Å². The van der Waals surface area contributed by atoms with Gasteiger partial charge in [0.15, 0.2) is 0 Å². The quantitative estimate of drug-likeness (QED) is 0.847. The molecule has 7 heteroatoms. The largest absolute Gasteiger partial charge is 0.573 e. The van der Waals surface area contributed by atoms with Crippen molar-refractivity contribution in [1.29, 1.82) is 0 Å². The van der Waals surface area contributed by atoms with Crippen molar-refractivity contribution in [3.05, 3.63) is 29.3 Å². The van der Waals surface area contributed by atoms with Crippen molar-refractivity contribution in [2.75, 3.05) is 0 Å². The molecule has 0 heterocycles. The second-order valence-corrected chi connectivity index (χ2v) is 4.10. The molecule has 0 spiro atoms. The van der Waals surface area contributed by atoms with Gasteiger partial charge in [-0.3, -0.25) is 9.59 Å². The van der Waals surface area contributed by atoms with Gasteiger partial charge in [-0.15, -0.1) is 13.2 Å². The highest BCUT2D eigenvalue weighted by Gasteiger charge is 2.31. The van der Waals surface area contributed by atoms with Crippen molar-refractivity contribution >= 4 is 11.7 Å². The van der Waals surface area contributed by atoms with Crippen LogP contribution in [-0.4, -0.2) is 18.1 Å². The Morgan fingerprint density at radius 1 is 1.30 bits per heavy atom. The first kappa shape index (κ1) is 16.0. The van der Waals surface area contributed by atoms with E-state index in [2.05, 4.69) is 10.1 Å². The first-order valence-corrected chi connectivity index (χ1v) is 5.89. The van der Waals surface area contributed by atoms with Gasteiger partial charge in [0, 0.05) is 13.0 Å². The van der Waals surface area contributed by atoms with E-state index in [0.717, 1.165) is 0 Å². The molecular formula is C13H14F3NO3. The molecule has 0 fully saturated rings. The summed E-state index contributed by atoms with van der Waals surface area (Å²) in [6.07, 6.45) is -4.70. The van der Waals surface area contributed by atoms with E-state index in [0.29, 0.717) is 11.1 Å². The predicted octanol–water partition coefficient (Wildman–Crippen LogP) is 2.49. The average molecular weight is 289 g/mol. The lowest BCUT2D eigenvalue weighted by molar-refractivity contribution is -0.274. The van der Waals surface area contributed by atoms with Gasteiger partial charge in [-0.25, -0.2) is 0 Å². The van der Waals surface area contributed by atoms with Crippen LogP contribution in [0.5, 0.6) is 5.75 Å². The molecule has 110 valence electrons. The third-order valence-corrected chi connectivity index (χ3v) is 2.57. The molecule has 0 saturated heterocycles. The fourth-order valence-corrected chi connectivity index (χ4v) is 1.47. The molecule has 0 bridgehead atoms. The van der Waals surface area contributed by atoms with E-state index >= 15 is 0 Å². The third kappa shape index (κ3) is 4.91. The topological polar surface area (TPSA) is 55.4 Å². The molecule has 0 unspecified atom stereocenters. The molecule has 1 N–H and O–H groups in total. The summed E-state index contributed by atoms with van der Waals surface area (Å²) in [7, 11) is 0. The number of aryl methyl sites for hydroxylation is 1. The van der Waals surface area contributed by atoms with E-state index in [9.17, 15) is 22.8 Å². The minimum Gasteiger partial charge on any atom is -0.406 e. The van der Waals surface area contributed by atoms with Crippen molar-refractivity contribution in [1.82, 2.24) is 5.32 Å². The Morgan fingerprint density at radius 2 is 1.95 bits per heavy atom. The van der Waals surface area contributed by atoms with Crippen molar-refractivity contribution in [2.24, 2.45) is 0 Å². The fourth-order valence-electron chi connectivity index (χ4n) is 1.47. The summed E-state index contributed by atoms with van der Waals surface area (Å²) in [4.78, 5) is 22.4. The maximum Gasteiger partial charge on any atom is 0.573 e. The molecule has 1 aromatic carbocycles. The van der Waals surface area contributed by atoms with Gasteiger partial charge in [-0.1, -0.05) is 13.0 Å². The minimum absolute atomic E-state index is 0.0362. The summed E-state index contributed by atoms with van der Waals surface area (Å²) in [6, 6.07) is 3.81. The molecule has 0 aliphatic heterocycles. The Hall–Kier alpha value is -2.05. The van der Waals surface area contributed by atoms with Gasteiger partial charge in [0.25, 0.3) is 5.91 Å². The van der Waals surface area contributed by atoms with Gasteiger partial charge in [0.1, 0.15) is 5.75 Å². The Labute approximate surface area is 113 Å². The summed E-state index contributed by atoms with van der Waals surface area (Å²) in [6.45, 7) is 3.19. The Kier molecular flexibility index (Phi) is 5.12. The molecule has 1 rings (SSSR count). The Balaban J connectivity index is 2.77. The monoisotopic (exact) mass is 289 g/mol. The summed E-state index contributed by atoms with van der Waals surface area (Å²) >= 11 is 0. The highest BCUT2D eigenvalue weighted by molar-refractivity contribution is 6.36. The molecule has 0 saturated carbocycles. The second-order valence-electron chi connectivity index (χ2n) is 4.10. The lowest BCUT2D eigenvalue weighted by Gasteiger charge is -2.12. The van der Waals surface area contributed by atoms with E-state index in [1.807, 2.05) is 0 Å². The van der Waals surface area contributed by atoms with Crippen molar-refractivity contribution in [3.63, 3.8) is 0 Å². The van der Waals surface area contributed by atoms with E-state index in [1.165, 1.54) is 18.2 Å². The Morgan fingerprint density at radius 3 is 2.50 bits per heavy atom. The normalized spacial score (nSPS) is 11.1. The minimum atomic E-state index is -4.77. The highest BCUT2D eigenvalue weighted by atomic mass is 19.4. The van der Waals surface area contributed by atoms with E-state index in [-0.39, 0.29) is 18.7 Å². The summed E-state index contributed by atoms with van der Waals surface area (Å²) < 4.78 is 40.1. The number of Topliss-reactive ketones (excluding diaryl/α,β-unsaturated/α-hetero) is 1. The van der Waals surface area contributed by atoms with Crippen LogP contribution in [0.15, 0.2) is 18.2 Å². The van der Waals surface area contributed by atoms with Crippen molar-refractivity contribution in [2.45, 2.75) is 33.2 Å². The number of carbonyl (C=O) groups excluding carboxylic acids is 2. The van der Waals surface area contributed by atoms with Crippen LogP contribution in [0.25, 0.3) is 0 Å². The number of rotatable bonds is 5. The Bertz CT molecular complexity index is 512. The van der Waals surface area contributed by atoms with Crippen LogP contribution in [0, 0.1) is 6.92 Å². The first-order chi connectivity index (χ1) is 9.23. The summed E-state index contributed by atoms with van der Waals surface area (Å²) in [5.74, 6) is -1.70. The average Bonchev–Trinajstić information content (AvgIpc) is 2.36. The van der Waals surface area contributed by atoms with Crippen LogP contribution < -0.4 is 10.1 Å². The third-order valence-electron chi connectivity index (χ3n) is 2.57. The van der Waals surface area contributed by atoms with Crippen molar-refractivity contribution < 1.29 is 27.5 Å². The van der Waals surface area contributed by atoms with Gasteiger partial charge < -0.3 is 10.1 Å². The zero-order valence-corrected chi connectivity index (χ0v) is 11.0. The van der Waals surface area contributed by atoms with Gasteiger partial charge in [-0.2, -0.15) is 0 Å². The van der Waals surface area contributed by atoms with Crippen LogP contribution in [0.4, 0.5) is 13.2 Å². The smallest absolute Gasteiger partial charge is 0.406 e. The molecule has 20 heavy (non-hydrogen) atoms. The maximum atomic E-state index is 12.1. The lowest BCUT2D eigenvalue weighted by atomic mass is 10.1. The van der Waals surface area contributed by atoms with Crippen LogP contribution >= 0.6 is 0 Å². The SMILES string of the molecule is CCC(=O)C(=O)NCc1cc(OC(F)(F)F)ccc1C. The number of ether oxygens (including phenoxy) is 1. The predicted molar refractivity (Wildman–Crippen MR) is 65.0 cm³/mol. The molecule has 0 radical (unpaired) electrons. The molecule has 1 aromatic rings. The lowest BCUT2D eigenvalue weighted by Crippen LogP contribution is -2.30. The second kappa shape index (κ2) is 6.40. The number of nitrogens with one attached hydrogen (secondary N) is 1. The van der Waals surface area contributed by atoms with E-state index in [4.69, 9.17) is 0 Å². The van der Waals surface area contributed by atoms with E-state index < -0.39 is 18.1 Å². The number of hydrogen-bond donors (Lipinski definition) is 1. The molecule has 4 nitrogen and oxygen atoms in total. The number of carbonyl (C=O) groups is 2. The first-order valence-electron chi connectivity index (χ1n) is 5.89. The maximum absolute atomic E-state index is 12.1. The molecule has 0 aliphatic rings. The van der Waals surface area contributed by atoms with Crippen LogP contribution in [0.2, 0.25) is 0 Å². The summed E-state index contributed by atoms with van der Waals surface area (Å²) in [5.41, 5.74) is 1.13. The number of hydrogen-bond acceptors (Lipinski definition) is 3. The van der Waals surface area contributed by atoms with Gasteiger partial charge in [0.2, 0.25) is 5.78 Å². The molecular weight excluding hydrogens is 275 g/mol. The molecule has 0 atom stereocenters. The highest BCUT2D eigenvalue weighted by Crippen LogP contribution is 2.24. The molecule has 0 aromatic heterocycles. The van der Waals surface area contributed by atoms with Crippen LogP contribution in [-0.2, 0) is 16.1 Å². The number of halogens is 3. The number of benzene rings is 1. The number of alkyl halides is 3. The zero-order chi connectivity index (χ0) is 15.3.